The number of carbonyl (C=O) groups is 1. The van der Waals surface area contributed by atoms with Crippen molar-refractivity contribution >= 4 is 5.91 Å². The van der Waals surface area contributed by atoms with E-state index < -0.39 is 0 Å². The van der Waals surface area contributed by atoms with Gasteiger partial charge in [-0.25, -0.2) is 0 Å². The minimum absolute atomic E-state index is 0.180. The second-order valence-corrected chi connectivity index (χ2v) is 4.92. The highest BCUT2D eigenvalue weighted by Crippen LogP contribution is 2.10. The molecular weight excluding hydrogens is 224 g/mol. The van der Waals surface area contributed by atoms with E-state index >= 15 is 0 Å². The van der Waals surface area contributed by atoms with Crippen molar-refractivity contribution in [3.8, 4) is 0 Å². The van der Waals surface area contributed by atoms with Gasteiger partial charge in [-0.15, -0.1) is 0 Å². The number of rotatable bonds is 6. The molecule has 0 radical (unpaired) electrons. The number of amides is 1. The van der Waals surface area contributed by atoms with Gasteiger partial charge in [0, 0.05) is 19.0 Å². The van der Waals surface area contributed by atoms with Crippen molar-refractivity contribution in [3.05, 3.63) is 35.9 Å². The van der Waals surface area contributed by atoms with Crippen molar-refractivity contribution in [2.24, 2.45) is 0 Å². The van der Waals surface area contributed by atoms with Gasteiger partial charge in [0.25, 0.3) is 0 Å². The molecule has 1 amide bonds. The molecule has 1 aliphatic rings. The number of hydrogen-bond donors (Lipinski definition) is 2. The zero-order chi connectivity index (χ0) is 12.6. The fourth-order valence-corrected chi connectivity index (χ4v) is 2.39. The van der Waals surface area contributed by atoms with E-state index in [-0.39, 0.29) is 5.91 Å². The van der Waals surface area contributed by atoms with Crippen LogP contribution in [0.5, 0.6) is 0 Å². The zero-order valence-corrected chi connectivity index (χ0v) is 10.8. The Labute approximate surface area is 109 Å². The molecule has 0 aliphatic carbocycles. The van der Waals surface area contributed by atoms with Crippen LogP contribution in [-0.2, 0) is 11.2 Å². The molecule has 3 nitrogen and oxygen atoms in total. The third-order valence-electron chi connectivity index (χ3n) is 3.46. The summed E-state index contributed by atoms with van der Waals surface area (Å²) < 4.78 is 0. The number of benzene rings is 1. The van der Waals surface area contributed by atoms with E-state index in [2.05, 4.69) is 22.8 Å². The molecule has 18 heavy (non-hydrogen) atoms. The Morgan fingerprint density at radius 2 is 2.17 bits per heavy atom. The molecule has 1 heterocycles. The van der Waals surface area contributed by atoms with E-state index in [0.717, 1.165) is 25.9 Å². The lowest BCUT2D eigenvalue weighted by Crippen LogP contribution is -2.28. The third kappa shape index (κ3) is 4.49. The first-order valence-corrected chi connectivity index (χ1v) is 6.88. The highest BCUT2D eigenvalue weighted by atomic mass is 16.1. The normalized spacial score (nSPS) is 18.8. The van der Waals surface area contributed by atoms with Crippen molar-refractivity contribution in [3.63, 3.8) is 0 Å². The van der Waals surface area contributed by atoms with Crippen LogP contribution in [0.2, 0.25) is 0 Å². The van der Waals surface area contributed by atoms with Gasteiger partial charge < -0.3 is 10.6 Å². The predicted octanol–water partition coefficient (Wildman–Crippen LogP) is 1.88. The van der Waals surface area contributed by atoms with Gasteiger partial charge in [0.1, 0.15) is 0 Å². The van der Waals surface area contributed by atoms with Gasteiger partial charge in [0.05, 0.1) is 0 Å². The van der Waals surface area contributed by atoms with Gasteiger partial charge in [-0.3, -0.25) is 4.79 Å². The second kappa shape index (κ2) is 7.17. The van der Waals surface area contributed by atoms with Gasteiger partial charge in [0.2, 0.25) is 5.91 Å². The van der Waals surface area contributed by atoms with Gasteiger partial charge in [0.15, 0.2) is 0 Å². The summed E-state index contributed by atoms with van der Waals surface area (Å²) in [4.78, 5) is 11.7. The van der Waals surface area contributed by atoms with Crippen molar-refractivity contribution in [1.82, 2.24) is 10.6 Å². The van der Waals surface area contributed by atoms with E-state index in [4.69, 9.17) is 0 Å². The Hall–Kier alpha value is -1.35. The van der Waals surface area contributed by atoms with Crippen LogP contribution in [0.25, 0.3) is 0 Å². The smallest absolute Gasteiger partial charge is 0.220 e. The SMILES string of the molecule is O=C(CCC1CCCN1)NCCc1ccccc1. The van der Waals surface area contributed by atoms with Crippen LogP contribution in [0.1, 0.15) is 31.2 Å². The molecule has 2 N–H and O–H groups in total. The highest BCUT2D eigenvalue weighted by molar-refractivity contribution is 5.75. The molecule has 1 fully saturated rings. The lowest BCUT2D eigenvalue weighted by atomic mass is 10.1. The molecule has 0 aromatic heterocycles. The summed E-state index contributed by atoms with van der Waals surface area (Å²) in [5, 5.41) is 6.40. The van der Waals surface area contributed by atoms with Crippen LogP contribution >= 0.6 is 0 Å². The molecule has 0 saturated carbocycles. The van der Waals surface area contributed by atoms with Gasteiger partial charge in [-0.05, 0) is 37.8 Å². The molecule has 1 atom stereocenters. The van der Waals surface area contributed by atoms with Crippen molar-refractivity contribution in [2.75, 3.05) is 13.1 Å². The molecule has 3 heteroatoms. The molecule has 2 rings (SSSR count). The standard InChI is InChI=1S/C15H22N2O/c18-15(9-8-14-7-4-11-16-14)17-12-10-13-5-2-1-3-6-13/h1-3,5-6,14,16H,4,7-12H2,(H,17,18). The second-order valence-electron chi connectivity index (χ2n) is 4.92. The summed E-state index contributed by atoms with van der Waals surface area (Å²) >= 11 is 0. The fourth-order valence-electron chi connectivity index (χ4n) is 2.39. The summed E-state index contributed by atoms with van der Waals surface area (Å²) in [5.74, 6) is 0.180. The van der Waals surface area contributed by atoms with Gasteiger partial charge in [-0.1, -0.05) is 30.3 Å². The third-order valence-corrected chi connectivity index (χ3v) is 3.46. The highest BCUT2D eigenvalue weighted by Gasteiger charge is 2.14. The maximum absolute atomic E-state index is 11.7. The molecule has 0 bridgehead atoms. The fraction of sp³-hybridized carbons (Fsp3) is 0.533. The maximum atomic E-state index is 11.7. The predicted molar refractivity (Wildman–Crippen MR) is 73.4 cm³/mol. The first-order valence-electron chi connectivity index (χ1n) is 6.88. The van der Waals surface area contributed by atoms with Crippen LogP contribution < -0.4 is 10.6 Å². The minimum atomic E-state index is 0.180. The van der Waals surface area contributed by atoms with E-state index in [9.17, 15) is 4.79 Å². The quantitative estimate of drug-likeness (QED) is 0.804. The van der Waals surface area contributed by atoms with Crippen LogP contribution in [0.15, 0.2) is 30.3 Å². The number of nitrogens with one attached hydrogen (secondary N) is 2. The first-order chi connectivity index (χ1) is 8.84. The Morgan fingerprint density at radius 3 is 2.89 bits per heavy atom. The summed E-state index contributed by atoms with van der Waals surface area (Å²) in [6.07, 6.45) is 5.00. The molecular formula is C15H22N2O. The van der Waals surface area contributed by atoms with E-state index in [1.165, 1.54) is 18.4 Å². The lowest BCUT2D eigenvalue weighted by Gasteiger charge is -2.10. The average molecular weight is 246 g/mol. The maximum Gasteiger partial charge on any atom is 0.220 e. The largest absolute Gasteiger partial charge is 0.356 e. The van der Waals surface area contributed by atoms with Crippen LogP contribution in [0.3, 0.4) is 0 Å². The van der Waals surface area contributed by atoms with Crippen LogP contribution in [0.4, 0.5) is 0 Å². The van der Waals surface area contributed by atoms with Gasteiger partial charge in [-0.2, -0.15) is 0 Å². The summed E-state index contributed by atoms with van der Waals surface area (Å²) in [6, 6.07) is 10.8. The summed E-state index contributed by atoms with van der Waals surface area (Å²) in [5.41, 5.74) is 1.27. The van der Waals surface area contributed by atoms with Crippen molar-refractivity contribution < 1.29 is 4.79 Å². The van der Waals surface area contributed by atoms with Crippen molar-refractivity contribution in [1.29, 1.82) is 0 Å². The average Bonchev–Trinajstić information content (AvgIpc) is 2.91. The molecule has 98 valence electrons. The number of hydrogen-bond acceptors (Lipinski definition) is 2. The minimum Gasteiger partial charge on any atom is -0.356 e. The topological polar surface area (TPSA) is 41.1 Å². The number of carbonyl (C=O) groups excluding carboxylic acids is 1. The molecule has 1 saturated heterocycles. The molecule has 0 spiro atoms. The van der Waals surface area contributed by atoms with Crippen LogP contribution in [0, 0.1) is 0 Å². The first kappa shape index (κ1) is 13.1. The van der Waals surface area contributed by atoms with Crippen molar-refractivity contribution in [2.45, 2.75) is 38.1 Å². The molecule has 1 aromatic carbocycles. The van der Waals surface area contributed by atoms with Crippen LogP contribution in [-0.4, -0.2) is 25.0 Å². The zero-order valence-electron chi connectivity index (χ0n) is 10.8. The molecule has 1 aromatic rings. The molecule has 1 aliphatic heterocycles. The summed E-state index contributed by atoms with van der Waals surface area (Å²) in [7, 11) is 0. The summed E-state index contributed by atoms with van der Waals surface area (Å²) in [6.45, 7) is 1.85. The van der Waals surface area contributed by atoms with Gasteiger partial charge >= 0.3 is 0 Å². The lowest BCUT2D eigenvalue weighted by molar-refractivity contribution is -0.121. The monoisotopic (exact) mass is 246 g/mol. The van der Waals surface area contributed by atoms with E-state index in [1.807, 2.05) is 18.2 Å². The Kier molecular flexibility index (Phi) is 5.21. The molecule has 1 unspecified atom stereocenters. The Bertz CT molecular complexity index is 358. The van der Waals surface area contributed by atoms with E-state index in [1.54, 1.807) is 0 Å². The van der Waals surface area contributed by atoms with E-state index in [0.29, 0.717) is 12.5 Å². The Balaban J connectivity index is 1.57. The Morgan fingerprint density at radius 1 is 1.33 bits per heavy atom.